The molecule has 118 valence electrons. The number of halogens is 3. The zero-order valence-electron chi connectivity index (χ0n) is 12.6. The van der Waals surface area contributed by atoms with E-state index in [-0.39, 0.29) is 5.75 Å². The maximum atomic E-state index is 12.4. The quantitative estimate of drug-likeness (QED) is 0.652. The van der Waals surface area contributed by atoms with Crippen molar-refractivity contribution in [3.8, 4) is 16.9 Å². The van der Waals surface area contributed by atoms with Gasteiger partial charge in [-0.1, -0.05) is 30.7 Å². The summed E-state index contributed by atoms with van der Waals surface area (Å²) in [7, 11) is 0. The van der Waals surface area contributed by atoms with E-state index in [1.807, 2.05) is 38.3 Å². The van der Waals surface area contributed by atoms with Gasteiger partial charge in [-0.2, -0.15) is 0 Å². The summed E-state index contributed by atoms with van der Waals surface area (Å²) in [5, 5.41) is 0. The Balaban J connectivity index is 2.57. The van der Waals surface area contributed by atoms with Gasteiger partial charge in [0.25, 0.3) is 0 Å². The maximum Gasteiger partial charge on any atom is 0.573 e. The van der Waals surface area contributed by atoms with E-state index in [1.54, 1.807) is 6.07 Å². The summed E-state index contributed by atoms with van der Waals surface area (Å²) in [4.78, 5) is 0.926. The highest BCUT2D eigenvalue weighted by Gasteiger charge is 2.31. The third-order valence-electron chi connectivity index (χ3n) is 3.34. The summed E-state index contributed by atoms with van der Waals surface area (Å²) in [5.41, 5.74) is 3.90. The number of thioether (sulfide) groups is 1. The normalized spacial score (nSPS) is 11.5. The van der Waals surface area contributed by atoms with Gasteiger partial charge in [-0.15, -0.1) is 24.9 Å². The zero-order valence-corrected chi connectivity index (χ0v) is 13.4. The average molecular weight is 326 g/mol. The molecule has 22 heavy (non-hydrogen) atoms. The Kier molecular flexibility index (Phi) is 5.06. The minimum atomic E-state index is -4.68. The topological polar surface area (TPSA) is 9.23 Å². The average Bonchev–Trinajstić information content (AvgIpc) is 2.45. The van der Waals surface area contributed by atoms with Crippen LogP contribution in [0.1, 0.15) is 18.1 Å². The monoisotopic (exact) mass is 326 g/mol. The summed E-state index contributed by atoms with van der Waals surface area (Å²) in [6.45, 7) is 4.00. The van der Waals surface area contributed by atoms with Crippen molar-refractivity contribution in [3.63, 3.8) is 0 Å². The standard InChI is InChI=1S/C17H17F3OS/c1-4-12-6-5-11(2)9-14(12)15-10-13(21-17(18,19)20)7-8-16(15)22-3/h5-10H,4H2,1-3H3. The van der Waals surface area contributed by atoms with E-state index in [9.17, 15) is 13.2 Å². The van der Waals surface area contributed by atoms with Crippen LogP contribution in [0.25, 0.3) is 11.1 Å². The summed E-state index contributed by atoms with van der Waals surface area (Å²) in [5.74, 6) is -0.191. The van der Waals surface area contributed by atoms with E-state index in [0.29, 0.717) is 0 Å². The second-order valence-corrected chi connectivity index (χ2v) is 5.77. The van der Waals surface area contributed by atoms with Gasteiger partial charge in [0.2, 0.25) is 0 Å². The Bertz CT molecular complexity index is 665. The van der Waals surface area contributed by atoms with Crippen molar-refractivity contribution in [3.05, 3.63) is 47.5 Å². The Morgan fingerprint density at radius 2 is 1.77 bits per heavy atom. The van der Waals surface area contributed by atoms with E-state index < -0.39 is 6.36 Å². The fourth-order valence-electron chi connectivity index (χ4n) is 2.34. The molecule has 0 bridgehead atoms. The van der Waals surface area contributed by atoms with E-state index >= 15 is 0 Å². The second kappa shape index (κ2) is 6.65. The van der Waals surface area contributed by atoms with E-state index in [1.165, 1.54) is 23.9 Å². The smallest absolute Gasteiger partial charge is 0.406 e. The molecule has 0 amide bonds. The fraction of sp³-hybridized carbons (Fsp3) is 0.294. The van der Waals surface area contributed by atoms with Gasteiger partial charge >= 0.3 is 6.36 Å². The molecular weight excluding hydrogens is 309 g/mol. The van der Waals surface area contributed by atoms with Gasteiger partial charge in [-0.25, -0.2) is 0 Å². The number of benzene rings is 2. The second-order valence-electron chi connectivity index (χ2n) is 4.92. The predicted octanol–water partition coefficient (Wildman–Crippen LogP) is 5.84. The summed E-state index contributed by atoms with van der Waals surface area (Å²) in [6, 6.07) is 10.5. The summed E-state index contributed by atoms with van der Waals surface area (Å²) < 4.78 is 41.4. The van der Waals surface area contributed by atoms with Crippen molar-refractivity contribution >= 4 is 11.8 Å². The molecule has 2 aromatic carbocycles. The van der Waals surface area contributed by atoms with Crippen LogP contribution in [0, 0.1) is 6.92 Å². The Morgan fingerprint density at radius 1 is 1.05 bits per heavy atom. The predicted molar refractivity (Wildman–Crippen MR) is 84.5 cm³/mol. The molecular formula is C17H17F3OS. The number of aryl methyl sites for hydroxylation is 2. The first-order valence-electron chi connectivity index (χ1n) is 6.87. The molecule has 2 rings (SSSR count). The number of hydrogen-bond acceptors (Lipinski definition) is 2. The van der Waals surface area contributed by atoms with Crippen LogP contribution in [0.4, 0.5) is 13.2 Å². The lowest BCUT2D eigenvalue weighted by Crippen LogP contribution is -2.17. The Labute approximate surface area is 132 Å². The summed E-state index contributed by atoms with van der Waals surface area (Å²) in [6.07, 6.45) is -1.96. The van der Waals surface area contributed by atoms with Gasteiger partial charge < -0.3 is 4.74 Å². The van der Waals surface area contributed by atoms with Crippen molar-refractivity contribution in [1.82, 2.24) is 0 Å². The van der Waals surface area contributed by atoms with Gasteiger partial charge in [0, 0.05) is 4.90 Å². The van der Waals surface area contributed by atoms with Crippen LogP contribution >= 0.6 is 11.8 Å². The van der Waals surface area contributed by atoms with Crippen LogP contribution in [-0.2, 0) is 6.42 Å². The summed E-state index contributed by atoms with van der Waals surface area (Å²) >= 11 is 1.51. The first-order valence-corrected chi connectivity index (χ1v) is 8.10. The molecule has 2 aromatic rings. The van der Waals surface area contributed by atoms with Crippen LogP contribution in [0.5, 0.6) is 5.75 Å². The molecule has 0 heterocycles. The number of rotatable bonds is 4. The molecule has 1 nitrogen and oxygen atoms in total. The third kappa shape index (κ3) is 3.97. The van der Waals surface area contributed by atoms with Gasteiger partial charge in [0.1, 0.15) is 5.75 Å². The van der Waals surface area contributed by atoms with Gasteiger partial charge in [0.15, 0.2) is 0 Å². The van der Waals surface area contributed by atoms with Gasteiger partial charge in [-0.3, -0.25) is 0 Å². The van der Waals surface area contributed by atoms with Crippen molar-refractivity contribution in [2.45, 2.75) is 31.5 Å². The highest BCUT2D eigenvalue weighted by molar-refractivity contribution is 7.98. The third-order valence-corrected chi connectivity index (χ3v) is 4.14. The minimum absolute atomic E-state index is 0.191. The molecule has 0 spiro atoms. The molecule has 0 unspecified atom stereocenters. The van der Waals surface area contributed by atoms with Gasteiger partial charge in [0.05, 0.1) is 0 Å². The number of alkyl halides is 3. The molecule has 0 N–H and O–H groups in total. The Morgan fingerprint density at radius 3 is 2.36 bits per heavy atom. The molecule has 0 aliphatic heterocycles. The van der Waals surface area contributed by atoms with Crippen molar-refractivity contribution in [2.24, 2.45) is 0 Å². The van der Waals surface area contributed by atoms with Crippen molar-refractivity contribution < 1.29 is 17.9 Å². The van der Waals surface area contributed by atoms with Crippen molar-refractivity contribution in [2.75, 3.05) is 6.26 Å². The molecule has 0 atom stereocenters. The molecule has 0 radical (unpaired) electrons. The molecule has 5 heteroatoms. The lowest BCUT2D eigenvalue weighted by atomic mass is 9.96. The lowest BCUT2D eigenvalue weighted by molar-refractivity contribution is -0.274. The molecule has 0 saturated carbocycles. The van der Waals surface area contributed by atoms with Crippen LogP contribution in [0.15, 0.2) is 41.3 Å². The van der Waals surface area contributed by atoms with Crippen LogP contribution in [0.3, 0.4) is 0 Å². The largest absolute Gasteiger partial charge is 0.573 e. The van der Waals surface area contributed by atoms with Crippen LogP contribution in [0.2, 0.25) is 0 Å². The first kappa shape index (κ1) is 16.7. The fourth-order valence-corrected chi connectivity index (χ4v) is 2.94. The van der Waals surface area contributed by atoms with E-state index in [2.05, 4.69) is 4.74 Å². The first-order chi connectivity index (χ1) is 10.3. The Hall–Kier alpha value is -1.62. The number of ether oxygens (including phenoxy) is 1. The lowest BCUT2D eigenvalue weighted by Gasteiger charge is -2.15. The van der Waals surface area contributed by atoms with Gasteiger partial charge in [-0.05, 0) is 54.5 Å². The maximum absolute atomic E-state index is 12.4. The molecule has 0 aliphatic rings. The zero-order chi connectivity index (χ0) is 16.3. The minimum Gasteiger partial charge on any atom is -0.406 e. The SMILES string of the molecule is CCc1ccc(C)cc1-c1cc(OC(F)(F)F)ccc1SC. The molecule has 0 aromatic heterocycles. The van der Waals surface area contributed by atoms with E-state index in [4.69, 9.17) is 0 Å². The molecule has 0 aliphatic carbocycles. The van der Waals surface area contributed by atoms with Crippen LogP contribution < -0.4 is 4.74 Å². The molecule has 0 saturated heterocycles. The van der Waals surface area contributed by atoms with E-state index in [0.717, 1.165) is 33.6 Å². The number of hydrogen-bond donors (Lipinski definition) is 0. The molecule has 0 fully saturated rings. The highest BCUT2D eigenvalue weighted by atomic mass is 32.2. The van der Waals surface area contributed by atoms with Crippen molar-refractivity contribution in [1.29, 1.82) is 0 Å². The van der Waals surface area contributed by atoms with Crippen LogP contribution in [-0.4, -0.2) is 12.6 Å². The highest BCUT2D eigenvalue weighted by Crippen LogP contribution is 2.37.